The Balaban J connectivity index is 1.64. The molecular weight excluding hydrogens is 234 g/mol. The second kappa shape index (κ2) is 4.99. The monoisotopic (exact) mass is 257 g/mol. The lowest BCUT2D eigenvalue weighted by molar-refractivity contribution is 0.0944. The number of anilines is 1. The maximum Gasteiger partial charge on any atom is 0.163 e. The van der Waals surface area contributed by atoms with Crippen LogP contribution in [0.2, 0.25) is 0 Å². The van der Waals surface area contributed by atoms with Gasteiger partial charge in [0.05, 0.1) is 0 Å². The summed E-state index contributed by atoms with van der Waals surface area (Å²) in [5.74, 6) is 2.77. The van der Waals surface area contributed by atoms with Crippen molar-refractivity contribution in [3.63, 3.8) is 0 Å². The van der Waals surface area contributed by atoms with E-state index in [1.54, 1.807) is 0 Å². The van der Waals surface area contributed by atoms with Crippen molar-refractivity contribution in [1.82, 2.24) is 0 Å². The fraction of sp³-hybridized carbons (Fsp3) is 0.588. The Kier molecular flexibility index (Phi) is 3.34. The summed E-state index contributed by atoms with van der Waals surface area (Å²) in [7, 11) is 4.04. The molecule has 0 amide bonds. The van der Waals surface area contributed by atoms with Gasteiger partial charge in [0.1, 0.15) is 0 Å². The Morgan fingerprint density at radius 1 is 1.16 bits per heavy atom. The summed E-state index contributed by atoms with van der Waals surface area (Å²) in [5, 5.41) is 0. The van der Waals surface area contributed by atoms with E-state index in [1.807, 2.05) is 38.4 Å². The van der Waals surface area contributed by atoms with Crippen LogP contribution in [0.5, 0.6) is 0 Å². The summed E-state index contributed by atoms with van der Waals surface area (Å²) in [6.07, 6.45) is 6.22. The lowest BCUT2D eigenvalue weighted by Crippen LogP contribution is -2.15. The molecule has 0 aliphatic heterocycles. The van der Waals surface area contributed by atoms with Crippen LogP contribution in [0.3, 0.4) is 0 Å². The van der Waals surface area contributed by atoms with Crippen LogP contribution >= 0.6 is 0 Å². The lowest BCUT2D eigenvalue weighted by Gasteiger charge is -2.20. The van der Waals surface area contributed by atoms with Crippen LogP contribution in [0.1, 0.15) is 42.5 Å². The molecule has 2 aliphatic rings. The molecule has 102 valence electrons. The minimum Gasteiger partial charge on any atom is -0.378 e. The van der Waals surface area contributed by atoms with Gasteiger partial charge in [-0.15, -0.1) is 0 Å². The van der Waals surface area contributed by atoms with Crippen LogP contribution in [0.4, 0.5) is 5.69 Å². The highest BCUT2D eigenvalue weighted by Gasteiger charge is 2.40. The molecular formula is C17H23NO. The van der Waals surface area contributed by atoms with Crippen LogP contribution < -0.4 is 4.90 Å². The summed E-state index contributed by atoms with van der Waals surface area (Å²) in [5.41, 5.74) is 2.03. The van der Waals surface area contributed by atoms with Crippen molar-refractivity contribution in [2.45, 2.75) is 32.1 Å². The summed E-state index contributed by atoms with van der Waals surface area (Å²) in [6, 6.07) is 8.03. The van der Waals surface area contributed by atoms with Gasteiger partial charge >= 0.3 is 0 Å². The predicted molar refractivity (Wildman–Crippen MR) is 78.7 cm³/mol. The Hall–Kier alpha value is -1.31. The second-order valence-electron chi connectivity index (χ2n) is 6.50. The van der Waals surface area contributed by atoms with Gasteiger partial charge in [0.15, 0.2) is 5.78 Å². The highest BCUT2D eigenvalue weighted by molar-refractivity contribution is 5.96. The Labute approximate surface area is 115 Å². The van der Waals surface area contributed by atoms with Crippen molar-refractivity contribution in [1.29, 1.82) is 0 Å². The van der Waals surface area contributed by atoms with Crippen LogP contribution in [0, 0.1) is 17.8 Å². The van der Waals surface area contributed by atoms with E-state index >= 15 is 0 Å². The van der Waals surface area contributed by atoms with Crippen LogP contribution in [-0.2, 0) is 0 Å². The molecule has 2 saturated carbocycles. The standard InChI is InChI=1S/C17H23NO/c1-18(2)16-7-5-13(6-8-16)17(19)11-15-10-12-3-4-14(15)9-12/h5-8,12,14-15H,3-4,9-11H2,1-2H3. The molecule has 19 heavy (non-hydrogen) atoms. The quantitative estimate of drug-likeness (QED) is 0.765. The maximum absolute atomic E-state index is 12.3. The van der Waals surface area contributed by atoms with Gasteiger partial charge in [-0.2, -0.15) is 0 Å². The third-order valence-electron chi connectivity index (χ3n) is 5.04. The molecule has 3 rings (SSSR count). The number of benzene rings is 1. The minimum absolute atomic E-state index is 0.336. The first-order chi connectivity index (χ1) is 9.13. The molecule has 3 unspecified atom stereocenters. The average Bonchev–Trinajstić information content (AvgIpc) is 3.01. The van der Waals surface area contributed by atoms with Gasteiger partial charge in [0.25, 0.3) is 0 Å². The van der Waals surface area contributed by atoms with Crippen molar-refractivity contribution in [3.8, 4) is 0 Å². The zero-order valence-electron chi connectivity index (χ0n) is 11.9. The summed E-state index contributed by atoms with van der Waals surface area (Å²) < 4.78 is 0. The lowest BCUT2D eigenvalue weighted by atomic mass is 9.84. The van der Waals surface area contributed by atoms with E-state index in [2.05, 4.69) is 4.90 Å². The van der Waals surface area contributed by atoms with Gasteiger partial charge in [-0.25, -0.2) is 0 Å². The smallest absolute Gasteiger partial charge is 0.163 e. The first kappa shape index (κ1) is 12.7. The van der Waals surface area contributed by atoms with E-state index in [-0.39, 0.29) is 0 Å². The molecule has 2 bridgehead atoms. The normalized spacial score (nSPS) is 28.6. The highest BCUT2D eigenvalue weighted by Crippen LogP contribution is 2.49. The predicted octanol–water partition coefficient (Wildman–Crippen LogP) is 3.76. The summed E-state index contributed by atoms with van der Waals surface area (Å²) in [6.45, 7) is 0. The molecule has 0 radical (unpaired) electrons. The third kappa shape index (κ3) is 2.54. The SMILES string of the molecule is CN(C)c1ccc(C(=O)CC2CC3CCC2C3)cc1. The van der Waals surface area contributed by atoms with Crippen LogP contribution in [0.25, 0.3) is 0 Å². The summed E-state index contributed by atoms with van der Waals surface area (Å²) >= 11 is 0. The van der Waals surface area contributed by atoms with Gasteiger partial charge in [0, 0.05) is 31.8 Å². The molecule has 0 heterocycles. The van der Waals surface area contributed by atoms with Gasteiger partial charge in [-0.05, 0) is 61.3 Å². The molecule has 2 nitrogen and oxygen atoms in total. The number of hydrogen-bond acceptors (Lipinski definition) is 2. The highest BCUT2D eigenvalue weighted by atomic mass is 16.1. The molecule has 1 aromatic carbocycles. The van der Waals surface area contributed by atoms with Crippen LogP contribution in [0.15, 0.2) is 24.3 Å². The second-order valence-corrected chi connectivity index (χ2v) is 6.50. The Morgan fingerprint density at radius 2 is 1.89 bits per heavy atom. The van der Waals surface area contributed by atoms with E-state index in [0.29, 0.717) is 11.7 Å². The number of Topliss-reactive ketones (excluding diaryl/α,β-unsaturated/α-hetero) is 1. The number of hydrogen-bond donors (Lipinski definition) is 0. The van der Waals surface area contributed by atoms with Crippen molar-refractivity contribution < 1.29 is 4.79 Å². The Morgan fingerprint density at radius 3 is 2.42 bits per heavy atom. The Bertz CT molecular complexity index is 463. The number of fused-ring (bicyclic) bond motifs is 2. The molecule has 1 aromatic rings. The molecule has 2 aliphatic carbocycles. The number of carbonyl (C=O) groups is 1. The summed E-state index contributed by atoms with van der Waals surface area (Å²) in [4.78, 5) is 14.4. The molecule has 0 saturated heterocycles. The fourth-order valence-corrected chi connectivity index (χ4v) is 3.93. The molecule has 0 N–H and O–H groups in total. The molecule has 0 aromatic heterocycles. The van der Waals surface area contributed by atoms with Gasteiger partial charge < -0.3 is 4.90 Å². The fourth-order valence-electron chi connectivity index (χ4n) is 3.93. The van der Waals surface area contributed by atoms with E-state index in [1.165, 1.54) is 25.7 Å². The first-order valence-electron chi connectivity index (χ1n) is 7.44. The zero-order chi connectivity index (χ0) is 13.4. The van der Waals surface area contributed by atoms with E-state index < -0.39 is 0 Å². The van der Waals surface area contributed by atoms with Gasteiger partial charge in [-0.3, -0.25) is 4.79 Å². The number of carbonyl (C=O) groups excluding carboxylic acids is 1. The molecule has 3 atom stereocenters. The minimum atomic E-state index is 0.336. The van der Waals surface area contributed by atoms with Crippen LogP contribution in [-0.4, -0.2) is 19.9 Å². The van der Waals surface area contributed by atoms with Crippen molar-refractivity contribution in [2.24, 2.45) is 17.8 Å². The molecule has 2 fully saturated rings. The maximum atomic E-state index is 12.3. The average molecular weight is 257 g/mol. The number of rotatable bonds is 4. The third-order valence-corrected chi connectivity index (χ3v) is 5.04. The topological polar surface area (TPSA) is 20.3 Å². The zero-order valence-corrected chi connectivity index (χ0v) is 11.9. The number of nitrogens with zero attached hydrogens (tertiary/aromatic N) is 1. The van der Waals surface area contributed by atoms with Gasteiger partial charge in [-0.1, -0.05) is 6.42 Å². The molecule has 0 spiro atoms. The largest absolute Gasteiger partial charge is 0.378 e. The first-order valence-corrected chi connectivity index (χ1v) is 7.44. The molecule has 2 heteroatoms. The number of ketones is 1. The van der Waals surface area contributed by atoms with Crippen molar-refractivity contribution >= 4 is 11.5 Å². The van der Waals surface area contributed by atoms with Crippen molar-refractivity contribution in [2.75, 3.05) is 19.0 Å². The van der Waals surface area contributed by atoms with Gasteiger partial charge in [0.2, 0.25) is 0 Å². The van der Waals surface area contributed by atoms with E-state index in [0.717, 1.165) is 29.5 Å². The van der Waals surface area contributed by atoms with Crippen molar-refractivity contribution in [3.05, 3.63) is 29.8 Å². The van der Waals surface area contributed by atoms with E-state index in [4.69, 9.17) is 0 Å². The van der Waals surface area contributed by atoms with E-state index in [9.17, 15) is 4.79 Å².